The van der Waals surface area contributed by atoms with E-state index in [2.05, 4.69) is 17.5 Å². The van der Waals surface area contributed by atoms with Gasteiger partial charge < -0.3 is 14.2 Å². The predicted octanol–water partition coefficient (Wildman–Crippen LogP) is 6.48. The van der Waals surface area contributed by atoms with Crippen molar-refractivity contribution in [1.29, 1.82) is 0 Å². The van der Waals surface area contributed by atoms with Crippen LogP contribution in [-0.4, -0.2) is 31.3 Å². The summed E-state index contributed by atoms with van der Waals surface area (Å²) in [5.74, 6) is 0.692. The molecule has 9 heteroatoms. The van der Waals surface area contributed by atoms with E-state index in [0.717, 1.165) is 28.7 Å². The maximum atomic E-state index is 12.7. The van der Waals surface area contributed by atoms with Crippen molar-refractivity contribution in [2.24, 2.45) is 5.10 Å². The van der Waals surface area contributed by atoms with Crippen molar-refractivity contribution >= 4 is 51.1 Å². The number of rotatable bonds is 11. The van der Waals surface area contributed by atoms with Crippen molar-refractivity contribution in [3.63, 3.8) is 0 Å². The second-order valence-corrected chi connectivity index (χ2v) is 9.39. The molecule has 0 saturated carbocycles. The summed E-state index contributed by atoms with van der Waals surface area (Å²) in [5, 5.41) is 5.14. The Bertz CT molecular complexity index is 1400. The summed E-state index contributed by atoms with van der Waals surface area (Å²) >= 11 is 7.66. The highest BCUT2D eigenvalue weighted by Gasteiger charge is 2.19. The fourth-order valence-corrected chi connectivity index (χ4v) is 4.67. The maximum absolute atomic E-state index is 12.7. The number of amides is 1. The van der Waals surface area contributed by atoms with E-state index in [1.54, 1.807) is 48.5 Å². The highest BCUT2D eigenvalue weighted by atomic mass is 35.5. The van der Waals surface area contributed by atoms with Crippen LogP contribution in [0.4, 0.5) is 0 Å². The van der Waals surface area contributed by atoms with Crippen LogP contribution in [-0.2, 0) is 4.79 Å². The fourth-order valence-electron chi connectivity index (χ4n) is 3.28. The number of carbonyl (C=O) groups is 2. The average molecular weight is 537 g/mol. The van der Waals surface area contributed by atoms with Gasteiger partial charge in [-0.05, 0) is 54.4 Å². The van der Waals surface area contributed by atoms with Crippen LogP contribution in [0.3, 0.4) is 0 Å². The monoisotopic (exact) mass is 536 g/mol. The number of benzene rings is 3. The summed E-state index contributed by atoms with van der Waals surface area (Å²) in [6, 6.07) is 21.4. The molecule has 0 saturated heterocycles. The molecule has 37 heavy (non-hydrogen) atoms. The van der Waals surface area contributed by atoms with Crippen molar-refractivity contribution in [3.8, 4) is 17.2 Å². The Balaban J connectivity index is 1.26. The van der Waals surface area contributed by atoms with Crippen LogP contribution in [0.1, 0.15) is 35.0 Å². The van der Waals surface area contributed by atoms with Gasteiger partial charge in [0.2, 0.25) is 0 Å². The first-order valence-electron chi connectivity index (χ1n) is 11.7. The molecule has 0 aliphatic rings. The standard InChI is InChI=1S/C28H25ClN2O5S/c1-2-3-15-34-20-11-13-21(14-12-20)35-18-25(32)31-30-17-19-7-6-8-22(16-19)36-28(33)27-26(29)23-9-4-5-10-24(23)37-27/h4-14,16-17H,2-3,15,18H2,1H3,(H,31,32). The second-order valence-electron chi connectivity index (χ2n) is 7.96. The highest BCUT2D eigenvalue weighted by molar-refractivity contribution is 7.21. The summed E-state index contributed by atoms with van der Waals surface area (Å²) in [4.78, 5) is 25.1. The number of esters is 1. The van der Waals surface area contributed by atoms with Gasteiger partial charge in [0.15, 0.2) is 6.61 Å². The molecule has 3 aromatic carbocycles. The molecule has 1 N–H and O–H groups in total. The number of carbonyl (C=O) groups excluding carboxylic acids is 2. The minimum Gasteiger partial charge on any atom is -0.494 e. The summed E-state index contributed by atoms with van der Waals surface area (Å²) < 4.78 is 17.5. The Morgan fingerprint density at radius 1 is 0.973 bits per heavy atom. The number of ether oxygens (including phenoxy) is 3. The second kappa shape index (κ2) is 12.9. The van der Waals surface area contributed by atoms with E-state index < -0.39 is 11.9 Å². The Labute approximate surface area is 223 Å². The zero-order chi connectivity index (χ0) is 26.0. The first kappa shape index (κ1) is 26.2. The zero-order valence-electron chi connectivity index (χ0n) is 20.1. The van der Waals surface area contributed by atoms with Gasteiger partial charge in [-0.3, -0.25) is 4.79 Å². The molecular formula is C28H25ClN2O5S. The quantitative estimate of drug-likeness (QED) is 0.0779. The molecule has 4 rings (SSSR count). The lowest BCUT2D eigenvalue weighted by atomic mass is 10.2. The number of hydrazone groups is 1. The molecule has 0 atom stereocenters. The van der Waals surface area contributed by atoms with E-state index in [-0.39, 0.29) is 6.61 Å². The van der Waals surface area contributed by atoms with Crippen LogP contribution < -0.4 is 19.6 Å². The van der Waals surface area contributed by atoms with Crippen LogP contribution in [0.5, 0.6) is 17.2 Å². The van der Waals surface area contributed by atoms with Gasteiger partial charge in [0.25, 0.3) is 5.91 Å². The predicted molar refractivity (Wildman–Crippen MR) is 146 cm³/mol. The number of unbranched alkanes of at least 4 members (excludes halogenated alkanes) is 1. The molecule has 1 heterocycles. The minimum absolute atomic E-state index is 0.193. The summed E-state index contributed by atoms with van der Waals surface area (Å²) in [6.07, 6.45) is 3.51. The average Bonchev–Trinajstić information content (AvgIpc) is 3.25. The third kappa shape index (κ3) is 7.31. The number of nitrogens with zero attached hydrogens (tertiary/aromatic N) is 1. The molecule has 1 amide bonds. The number of hydrogen-bond donors (Lipinski definition) is 1. The topological polar surface area (TPSA) is 86.2 Å². The lowest BCUT2D eigenvalue weighted by molar-refractivity contribution is -0.123. The molecule has 0 spiro atoms. The van der Waals surface area contributed by atoms with Gasteiger partial charge in [0.05, 0.1) is 17.8 Å². The molecule has 0 aliphatic heterocycles. The Kier molecular flexibility index (Phi) is 9.13. The summed E-state index contributed by atoms with van der Waals surface area (Å²) in [6.45, 7) is 2.58. The van der Waals surface area contributed by atoms with Crippen molar-refractivity contribution < 1.29 is 23.8 Å². The molecule has 1 aromatic heterocycles. The van der Waals surface area contributed by atoms with Crippen molar-refractivity contribution in [3.05, 3.63) is 88.3 Å². The summed E-state index contributed by atoms with van der Waals surface area (Å²) in [5.41, 5.74) is 3.04. The summed E-state index contributed by atoms with van der Waals surface area (Å²) in [7, 11) is 0. The first-order valence-corrected chi connectivity index (χ1v) is 12.9. The zero-order valence-corrected chi connectivity index (χ0v) is 21.7. The Hall–Kier alpha value is -3.88. The van der Waals surface area contributed by atoms with Gasteiger partial charge >= 0.3 is 5.97 Å². The number of nitrogens with one attached hydrogen (secondary N) is 1. The van der Waals surface area contributed by atoms with E-state index in [1.807, 2.05) is 24.3 Å². The van der Waals surface area contributed by atoms with E-state index in [9.17, 15) is 9.59 Å². The highest BCUT2D eigenvalue weighted by Crippen LogP contribution is 2.35. The first-order chi connectivity index (χ1) is 18.0. The molecule has 0 bridgehead atoms. The molecular weight excluding hydrogens is 512 g/mol. The van der Waals surface area contributed by atoms with Gasteiger partial charge in [0, 0.05) is 10.1 Å². The van der Waals surface area contributed by atoms with Gasteiger partial charge in [-0.15, -0.1) is 11.3 Å². The lowest BCUT2D eigenvalue weighted by Crippen LogP contribution is -2.24. The van der Waals surface area contributed by atoms with E-state index >= 15 is 0 Å². The van der Waals surface area contributed by atoms with E-state index in [0.29, 0.717) is 33.6 Å². The molecule has 0 radical (unpaired) electrons. The van der Waals surface area contributed by atoms with Crippen LogP contribution >= 0.6 is 22.9 Å². The third-order valence-corrected chi connectivity index (χ3v) is 6.81. The van der Waals surface area contributed by atoms with Crippen LogP contribution in [0.2, 0.25) is 5.02 Å². The molecule has 0 aliphatic carbocycles. The number of halogens is 1. The molecule has 0 fully saturated rings. The number of thiophene rings is 1. The van der Waals surface area contributed by atoms with Crippen LogP contribution in [0.25, 0.3) is 10.1 Å². The normalized spacial score (nSPS) is 11.0. The van der Waals surface area contributed by atoms with Crippen molar-refractivity contribution in [1.82, 2.24) is 5.43 Å². The molecule has 7 nitrogen and oxygen atoms in total. The lowest BCUT2D eigenvalue weighted by Gasteiger charge is -2.08. The molecule has 190 valence electrons. The van der Waals surface area contributed by atoms with Crippen LogP contribution in [0.15, 0.2) is 77.9 Å². The van der Waals surface area contributed by atoms with Gasteiger partial charge in [-0.2, -0.15) is 5.10 Å². The van der Waals surface area contributed by atoms with Gasteiger partial charge in [0.1, 0.15) is 22.1 Å². The molecule has 0 unspecified atom stereocenters. The third-order valence-electron chi connectivity index (χ3n) is 5.15. The SMILES string of the molecule is CCCCOc1ccc(OCC(=O)NN=Cc2cccc(OC(=O)c3sc4ccccc4c3Cl)c2)cc1. The fraction of sp³-hybridized carbons (Fsp3) is 0.179. The molecule has 4 aromatic rings. The largest absolute Gasteiger partial charge is 0.494 e. The number of fused-ring (bicyclic) bond motifs is 1. The Morgan fingerprint density at radius 2 is 1.73 bits per heavy atom. The smallest absolute Gasteiger partial charge is 0.355 e. The minimum atomic E-state index is -0.536. The van der Waals surface area contributed by atoms with E-state index in [4.69, 9.17) is 25.8 Å². The van der Waals surface area contributed by atoms with Gasteiger partial charge in [-0.1, -0.05) is 55.3 Å². The van der Waals surface area contributed by atoms with Crippen molar-refractivity contribution in [2.75, 3.05) is 13.2 Å². The van der Waals surface area contributed by atoms with Crippen LogP contribution in [0, 0.1) is 0 Å². The Morgan fingerprint density at radius 3 is 2.49 bits per heavy atom. The maximum Gasteiger partial charge on any atom is 0.355 e. The van der Waals surface area contributed by atoms with Crippen molar-refractivity contribution in [2.45, 2.75) is 19.8 Å². The number of hydrogen-bond acceptors (Lipinski definition) is 7. The van der Waals surface area contributed by atoms with E-state index in [1.165, 1.54) is 17.6 Å². The van der Waals surface area contributed by atoms with Gasteiger partial charge in [-0.25, -0.2) is 10.2 Å².